The summed E-state index contributed by atoms with van der Waals surface area (Å²) in [5.74, 6) is -0.618. The number of nitrogens with one attached hydrogen (secondary N) is 2. The van der Waals surface area contributed by atoms with Crippen molar-refractivity contribution in [3.8, 4) is 11.4 Å². The van der Waals surface area contributed by atoms with Gasteiger partial charge in [0.05, 0.1) is 5.56 Å². The Hall–Kier alpha value is -3.65. The summed E-state index contributed by atoms with van der Waals surface area (Å²) >= 11 is 1.46. The van der Waals surface area contributed by atoms with Crippen molar-refractivity contribution in [3.63, 3.8) is 0 Å². The lowest BCUT2D eigenvalue weighted by Crippen LogP contribution is -2.13. The van der Waals surface area contributed by atoms with Gasteiger partial charge >= 0.3 is 5.76 Å². The second-order valence-corrected chi connectivity index (χ2v) is 7.74. The molecule has 2 aromatic heterocycles. The van der Waals surface area contributed by atoms with Crippen molar-refractivity contribution in [1.29, 1.82) is 0 Å². The topological polar surface area (TPSA) is 101 Å². The zero-order valence-corrected chi connectivity index (χ0v) is 17.1. The van der Waals surface area contributed by atoms with E-state index in [0.717, 1.165) is 10.5 Å². The molecule has 0 spiro atoms. The normalized spacial score (nSPS) is 10.7. The number of carbonyl (C=O) groups is 1. The fourth-order valence-electron chi connectivity index (χ4n) is 2.96. The van der Waals surface area contributed by atoms with E-state index in [9.17, 15) is 9.59 Å². The standard InChI is InChI=1S/C22H18N4O3S/c1-13-8-9-18(14(2)11-13)30-21-17(7-4-10-23-21)20(27)24-16-6-3-5-15(12-16)19-25-22(28)29-26-19/h3-12H,1-2H3,(H,24,27)(H,25,26,28). The quantitative estimate of drug-likeness (QED) is 0.497. The van der Waals surface area contributed by atoms with Gasteiger partial charge in [-0.2, -0.15) is 0 Å². The summed E-state index contributed by atoms with van der Waals surface area (Å²) in [5.41, 5.74) is 3.97. The maximum Gasteiger partial charge on any atom is 0.439 e. The van der Waals surface area contributed by atoms with Crippen LogP contribution in [0.5, 0.6) is 0 Å². The Kier molecular flexibility index (Phi) is 5.49. The molecular formula is C22H18N4O3S. The fourth-order valence-corrected chi connectivity index (χ4v) is 3.91. The van der Waals surface area contributed by atoms with Gasteiger partial charge in [-0.3, -0.25) is 14.3 Å². The third kappa shape index (κ3) is 4.33. The predicted molar refractivity (Wildman–Crippen MR) is 115 cm³/mol. The lowest BCUT2D eigenvalue weighted by atomic mass is 10.2. The molecule has 30 heavy (non-hydrogen) atoms. The number of anilines is 1. The molecule has 4 aromatic rings. The molecule has 0 aliphatic heterocycles. The number of carbonyl (C=O) groups excluding carboxylic acids is 1. The zero-order chi connectivity index (χ0) is 21.1. The molecule has 0 bridgehead atoms. The highest BCUT2D eigenvalue weighted by Gasteiger charge is 2.15. The van der Waals surface area contributed by atoms with Crippen molar-refractivity contribution in [2.45, 2.75) is 23.8 Å². The first-order valence-corrected chi connectivity index (χ1v) is 9.99. The Morgan fingerprint density at radius 2 is 1.97 bits per heavy atom. The highest BCUT2D eigenvalue weighted by molar-refractivity contribution is 7.99. The summed E-state index contributed by atoms with van der Waals surface area (Å²) in [4.78, 5) is 32.1. The monoisotopic (exact) mass is 418 g/mol. The molecule has 7 nitrogen and oxygen atoms in total. The van der Waals surface area contributed by atoms with Crippen LogP contribution in [0.25, 0.3) is 11.4 Å². The molecule has 8 heteroatoms. The number of aryl methyl sites for hydroxylation is 2. The number of hydrogen-bond donors (Lipinski definition) is 2. The van der Waals surface area contributed by atoms with E-state index in [2.05, 4.69) is 31.0 Å². The summed E-state index contributed by atoms with van der Waals surface area (Å²) in [5, 5.41) is 7.18. The Morgan fingerprint density at radius 3 is 2.73 bits per heavy atom. The van der Waals surface area contributed by atoms with E-state index in [1.165, 1.54) is 17.3 Å². The van der Waals surface area contributed by atoms with Gasteiger partial charge in [-0.25, -0.2) is 9.78 Å². The van der Waals surface area contributed by atoms with Crippen molar-refractivity contribution in [2.75, 3.05) is 5.32 Å². The van der Waals surface area contributed by atoms with Crippen LogP contribution in [0.4, 0.5) is 5.69 Å². The van der Waals surface area contributed by atoms with Crippen LogP contribution >= 0.6 is 11.8 Å². The first-order chi connectivity index (χ1) is 14.5. The summed E-state index contributed by atoms with van der Waals surface area (Å²) in [6.07, 6.45) is 1.67. The molecule has 1 amide bonds. The number of H-pyrrole nitrogens is 1. The molecule has 150 valence electrons. The van der Waals surface area contributed by atoms with Crippen LogP contribution in [0.15, 0.2) is 80.0 Å². The smallest absolute Gasteiger partial charge is 0.322 e. The van der Waals surface area contributed by atoms with Crippen LogP contribution in [0.3, 0.4) is 0 Å². The molecule has 0 atom stereocenters. The lowest BCUT2D eigenvalue weighted by Gasteiger charge is -2.11. The average molecular weight is 418 g/mol. The van der Waals surface area contributed by atoms with Crippen LogP contribution in [-0.4, -0.2) is 21.0 Å². The van der Waals surface area contributed by atoms with E-state index >= 15 is 0 Å². The van der Waals surface area contributed by atoms with Crippen molar-refractivity contribution in [2.24, 2.45) is 0 Å². The molecule has 2 heterocycles. The van der Waals surface area contributed by atoms with E-state index in [4.69, 9.17) is 0 Å². The number of hydrogen-bond acceptors (Lipinski definition) is 6. The van der Waals surface area contributed by atoms with Gasteiger partial charge in [0.15, 0.2) is 5.82 Å². The fraction of sp³-hybridized carbons (Fsp3) is 0.0909. The van der Waals surface area contributed by atoms with Crippen molar-refractivity contribution in [1.82, 2.24) is 15.1 Å². The van der Waals surface area contributed by atoms with Crippen molar-refractivity contribution >= 4 is 23.4 Å². The molecule has 0 aliphatic rings. The van der Waals surface area contributed by atoms with Gasteiger partial charge < -0.3 is 5.32 Å². The summed E-state index contributed by atoms with van der Waals surface area (Å²) < 4.78 is 4.54. The molecule has 0 aliphatic carbocycles. The number of aromatic nitrogens is 3. The molecule has 0 fully saturated rings. The van der Waals surface area contributed by atoms with Gasteiger partial charge in [0.1, 0.15) is 5.03 Å². The minimum atomic E-state index is -0.636. The lowest BCUT2D eigenvalue weighted by molar-refractivity contribution is 0.102. The van der Waals surface area contributed by atoms with Gasteiger partial charge in [0, 0.05) is 22.3 Å². The minimum absolute atomic E-state index is 0.277. The molecule has 0 saturated carbocycles. The molecule has 4 rings (SSSR count). The summed E-state index contributed by atoms with van der Waals surface area (Å²) in [7, 11) is 0. The van der Waals surface area contributed by atoms with Gasteiger partial charge in [-0.1, -0.05) is 46.7 Å². The highest BCUT2D eigenvalue weighted by Crippen LogP contribution is 2.32. The molecular weight excluding hydrogens is 400 g/mol. The van der Waals surface area contributed by atoms with Gasteiger partial charge in [0.25, 0.3) is 5.91 Å². The van der Waals surface area contributed by atoms with Crippen LogP contribution < -0.4 is 11.1 Å². The number of aromatic amines is 1. The average Bonchev–Trinajstić information content (AvgIpc) is 3.17. The Morgan fingerprint density at radius 1 is 1.10 bits per heavy atom. The summed E-state index contributed by atoms with van der Waals surface area (Å²) in [6, 6.07) is 16.6. The Bertz CT molecular complexity index is 1280. The first kappa shape index (κ1) is 19.7. The van der Waals surface area contributed by atoms with E-state index in [-0.39, 0.29) is 5.91 Å². The maximum atomic E-state index is 13.0. The third-order valence-electron chi connectivity index (χ3n) is 4.39. The van der Waals surface area contributed by atoms with Crippen molar-refractivity contribution < 1.29 is 9.32 Å². The van der Waals surface area contributed by atoms with Crippen LogP contribution in [0.2, 0.25) is 0 Å². The van der Waals surface area contributed by atoms with E-state index < -0.39 is 5.76 Å². The Labute approximate surface area is 176 Å². The number of benzene rings is 2. The molecule has 2 N–H and O–H groups in total. The second-order valence-electron chi connectivity index (χ2n) is 6.71. The first-order valence-electron chi connectivity index (χ1n) is 9.17. The number of rotatable bonds is 5. The zero-order valence-electron chi connectivity index (χ0n) is 16.3. The van der Waals surface area contributed by atoms with E-state index in [1.807, 2.05) is 26.0 Å². The van der Waals surface area contributed by atoms with Crippen LogP contribution in [0.1, 0.15) is 21.5 Å². The maximum absolute atomic E-state index is 13.0. The highest BCUT2D eigenvalue weighted by atomic mass is 32.2. The largest absolute Gasteiger partial charge is 0.439 e. The molecule has 0 radical (unpaired) electrons. The second kappa shape index (κ2) is 8.38. The predicted octanol–water partition coefficient (Wildman–Crippen LogP) is 4.45. The van der Waals surface area contributed by atoms with E-state index in [0.29, 0.717) is 27.7 Å². The SMILES string of the molecule is Cc1ccc(Sc2ncccc2C(=O)Nc2cccc(-c3noc(=O)[nH]3)c2)c(C)c1. The molecule has 0 saturated heterocycles. The van der Waals surface area contributed by atoms with Gasteiger partial charge in [-0.05, 0) is 49.7 Å². The Balaban J connectivity index is 1.58. The van der Waals surface area contributed by atoms with Gasteiger partial charge in [-0.15, -0.1) is 0 Å². The third-order valence-corrected chi connectivity index (χ3v) is 5.58. The minimum Gasteiger partial charge on any atom is -0.322 e. The van der Waals surface area contributed by atoms with Crippen LogP contribution in [0, 0.1) is 13.8 Å². The molecule has 0 unspecified atom stereocenters. The number of nitrogens with zero attached hydrogens (tertiary/aromatic N) is 2. The van der Waals surface area contributed by atoms with Crippen molar-refractivity contribution in [3.05, 3.63) is 88.0 Å². The van der Waals surface area contributed by atoms with Crippen LogP contribution in [-0.2, 0) is 0 Å². The number of pyridine rings is 1. The number of amides is 1. The molecule has 2 aromatic carbocycles. The van der Waals surface area contributed by atoms with E-state index in [1.54, 1.807) is 42.6 Å². The van der Waals surface area contributed by atoms with Gasteiger partial charge in [0.2, 0.25) is 0 Å². The summed E-state index contributed by atoms with van der Waals surface area (Å²) in [6.45, 7) is 4.08.